The van der Waals surface area contributed by atoms with Gasteiger partial charge in [-0.25, -0.2) is 4.79 Å². The standard InChI is InChI=1S/C12H14N2O7.2H2O/c1-3-2-14(11(18)13-9(3)17)10-8-12(19)6(16)5(20-8)4(15)7(12)21-10;;/h2,4-8,10,15-16,19H,1H3,(H,13,17,18);2*1H2/t4-,5+,6-,7-,8-,10-,12-;;/m1../s1. The Kier molecular flexibility index (Phi) is 4.02. The normalized spacial score (nSPS) is 43.1. The van der Waals surface area contributed by atoms with Crippen molar-refractivity contribution in [3.05, 3.63) is 32.6 Å². The number of H-pyrrole nitrogens is 1. The maximum atomic E-state index is 11.9. The highest BCUT2D eigenvalue weighted by Crippen LogP contribution is 2.54. The summed E-state index contributed by atoms with van der Waals surface area (Å²) in [6, 6.07) is 0. The second kappa shape index (κ2) is 5.21. The summed E-state index contributed by atoms with van der Waals surface area (Å²) < 4.78 is 12.1. The Morgan fingerprint density at radius 2 is 1.87 bits per heavy atom. The lowest BCUT2D eigenvalue weighted by molar-refractivity contribution is -0.133. The number of aliphatic hydroxyl groups excluding tert-OH is 2. The van der Waals surface area contributed by atoms with Crippen LogP contribution >= 0.6 is 0 Å². The molecule has 11 nitrogen and oxygen atoms in total. The molecular weight excluding hydrogens is 316 g/mol. The third kappa shape index (κ3) is 1.89. The van der Waals surface area contributed by atoms with Gasteiger partial charge in [0, 0.05) is 11.8 Å². The first-order valence-electron chi connectivity index (χ1n) is 6.57. The van der Waals surface area contributed by atoms with Crippen LogP contribution in [-0.2, 0) is 9.47 Å². The first-order valence-corrected chi connectivity index (χ1v) is 6.57. The zero-order chi connectivity index (χ0) is 15.1. The van der Waals surface area contributed by atoms with Crippen LogP contribution in [0.4, 0.5) is 0 Å². The summed E-state index contributed by atoms with van der Waals surface area (Å²) in [4.78, 5) is 25.5. The predicted molar refractivity (Wildman–Crippen MR) is 72.8 cm³/mol. The Morgan fingerprint density at radius 1 is 1.22 bits per heavy atom. The monoisotopic (exact) mass is 334 g/mol. The molecule has 1 aliphatic carbocycles. The second-order valence-corrected chi connectivity index (χ2v) is 5.77. The van der Waals surface area contributed by atoms with Gasteiger partial charge in [-0.2, -0.15) is 0 Å². The van der Waals surface area contributed by atoms with Gasteiger partial charge in [-0.05, 0) is 6.92 Å². The van der Waals surface area contributed by atoms with Gasteiger partial charge in [0.15, 0.2) is 11.8 Å². The van der Waals surface area contributed by atoms with Crippen molar-refractivity contribution in [2.45, 2.75) is 49.3 Å². The first kappa shape index (κ1) is 17.7. The molecule has 3 aliphatic rings. The molecule has 0 radical (unpaired) electrons. The maximum absolute atomic E-state index is 11.9. The highest BCUT2D eigenvalue weighted by molar-refractivity contribution is 5.24. The largest absolute Gasteiger partial charge is 0.412 e. The van der Waals surface area contributed by atoms with Gasteiger partial charge in [0.1, 0.15) is 30.5 Å². The van der Waals surface area contributed by atoms with E-state index in [1.54, 1.807) is 0 Å². The fourth-order valence-electron chi connectivity index (χ4n) is 3.52. The third-order valence-electron chi connectivity index (χ3n) is 4.61. The summed E-state index contributed by atoms with van der Waals surface area (Å²) in [6.45, 7) is 1.52. The van der Waals surface area contributed by atoms with Gasteiger partial charge >= 0.3 is 5.69 Å². The SMILES string of the molecule is Cc1cn([C@@H]2O[C@@H]3[C@H](O)[C@@H]4O[C@H]2[C@@]3(O)[C@@H]4O)c(=O)[nH]c1=O.O.O. The molecule has 1 aromatic heterocycles. The molecule has 2 bridgehead atoms. The minimum atomic E-state index is -1.77. The lowest BCUT2D eigenvalue weighted by Crippen LogP contribution is -2.52. The molecule has 0 amide bonds. The fourth-order valence-corrected chi connectivity index (χ4v) is 3.52. The van der Waals surface area contributed by atoms with Crippen molar-refractivity contribution in [3.63, 3.8) is 0 Å². The Hall–Kier alpha value is -1.60. The van der Waals surface area contributed by atoms with Crippen molar-refractivity contribution in [1.82, 2.24) is 9.55 Å². The van der Waals surface area contributed by atoms with Gasteiger partial charge in [-0.3, -0.25) is 14.3 Å². The van der Waals surface area contributed by atoms with Gasteiger partial charge in [-0.15, -0.1) is 0 Å². The van der Waals surface area contributed by atoms with E-state index in [1.165, 1.54) is 13.1 Å². The lowest BCUT2D eigenvalue weighted by atomic mass is 9.93. The van der Waals surface area contributed by atoms with Crippen molar-refractivity contribution in [1.29, 1.82) is 0 Å². The van der Waals surface area contributed by atoms with Gasteiger partial charge < -0.3 is 35.7 Å². The first-order chi connectivity index (χ1) is 9.85. The average Bonchev–Trinajstić information content (AvgIpc) is 2.85. The lowest BCUT2D eigenvalue weighted by Gasteiger charge is -2.28. The molecule has 2 aliphatic heterocycles. The van der Waals surface area contributed by atoms with E-state index in [1.807, 2.05) is 0 Å². The fraction of sp³-hybridized carbons (Fsp3) is 0.667. The quantitative estimate of drug-likeness (QED) is 0.395. The summed E-state index contributed by atoms with van der Waals surface area (Å²) >= 11 is 0. The summed E-state index contributed by atoms with van der Waals surface area (Å²) in [5.74, 6) is 0. The van der Waals surface area contributed by atoms with Crippen LogP contribution in [0.3, 0.4) is 0 Å². The van der Waals surface area contributed by atoms with E-state index >= 15 is 0 Å². The molecule has 8 N–H and O–H groups in total. The Bertz CT molecular complexity index is 730. The molecule has 4 rings (SSSR count). The molecule has 0 unspecified atom stereocenters. The van der Waals surface area contributed by atoms with Gasteiger partial charge in [0.2, 0.25) is 0 Å². The number of nitrogens with zero attached hydrogens (tertiary/aromatic N) is 1. The van der Waals surface area contributed by atoms with E-state index in [0.717, 1.165) is 4.57 Å². The highest BCUT2D eigenvalue weighted by atomic mass is 16.6. The topological polar surface area (TPSA) is 197 Å². The number of aliphatic hydroxyl groups is 3. The number of aromatic nitrogens is 2. The second-order valence-electron chi connectivity index (χ2n) is 5.77. The molecule has 3 heterocycles. The van der Waals surface area contributed by atoms with E-state index in [9.17, 15) is 24.9 Å². The summed E-state index contributed by atoms with van der Waals surface area (Å²) in [6.07, 6.45) is -5.17. The van der Waals surface area contributed by atoms with Crippen molar-refractivity contribution in [2.24, 2.45) is 0 Å². The number of nitrogens with one attached hydrogen (secondary N) is 1. The molecule has 11 heteroatoms. The van der Waals surface area contributed by atoms with Crippen LogP contribution in [0.15, 0.2) is 15.8 Å². The zero-order valence-electron chi connectivity index (χ0n) is 12.0. The number of rotatable bonds is 1. The van der Waals surface area contributed by atoms with Crippen LogP contribution in [0.5, 0.6) is 0 Å². The number of hydrogen-bond donors (Lipinski definition) is 4. The summed E-state index contributed by atoms with van der Waals surface area (Å²) in [5, 5.41) is 30.5. The molecular formula is C12H18N2O9. The zero-order valence-corrected chi connectivity index (χ0v) is 12.0. The van der Waals surface area contributed by atoms with E-state index in [-0.39, 0.29) is 11.0 Å². The Morgan fingerprint density at radius 3 is 2.43 bits per heavy atom. The minimum Gasteiger partial charge on any atom is -0.412 e. The molecule has 3 fully saturated rings. The van der Waals surface area contributed by atoms with Crippen LogP contribution in [0.25, 0.3) is 0 Å². The van der Waals surface area contributed by atoms with Crippen molar-refractivity contribution >= 4 is 0 Å². The molecule has 0 spiro atoms. The van der Waals surface area contributed by atoms with Crippen molar-refractivity contribution in [2.75, 3.05) is 0 Å². The van der Waals surface area contributed by atoms with E-state index < -0.39 is 53.6 Å². The number of fused-ring (bicyclic) bond motifs is 1. The van der Waals surface area contributed by atoms with Crippen LogP contribution in [0, 0.1) is 6.92 Å². The van der Waals surface area contributed by atoms with Gasteiger partial charge in [0.05, 0.1) is 0 Å². The number of aryl methyl sites for hydroxylation is 1. The molecule has 2 saturated heterocycles. The van der Waals surface area contributed by atoms with Crippen molar-refractivity contribution < 1.29 is 35.7 Å². The molecule has 130 valence electrons. The predicted octanol–water partition coefficient (Wildman–Crippen LogP) is -4.67. The number of aromatic amines is 1. The third-order valence-corrected chi connectivity index (χ3v) is 4.61. The van der Waals surface area contributed by atoms with Gasteiger partial charge in [0.25, 0.3) is 5.56 Å². The van der Waals surface area contributed by atoms with Crippen molar-refractivity contribution in [3.8, 4) is 0 Å². The van der Waals surface area contributed by atoms with E-state index in [2.05, 4.69) is 4.98 Å². The molecule has 1 aromatic rings. The van der Waals surface area contributed by atoms with Crippen LogP contribution in [-0.4, -0.2) is 71.9 Å². The van der Waals surface area contributed by atoms with Crippen LogP contribution < -0.4 is 11.2 Å². The smallest absolute Gasteiger partial charge is 0.330 e. The molecule has 1 saturated carbocycles. The Labute approximate surface area is 128 Å². The molecule has 23 heavy (non-hydrogen) atoms. The molecule has 0 aromatic carbocycles. The molecule has 7 atom stereocenters. The number of hydrogen-bond acceptors (Lipinski definition) is 7. The van der Waals surface area contributed by atoms with Crippen LogP contribution in [0.2, 0.25) is 0 Å². The van der Waals surface area contributed by atoms with Gasteiger partial charge in [-0.1, -0.05) is 0 Å². The highest BCUT2D eigenvalue weighted by Gasteiger charge is 2.77. The average molecular weight is 334 g/mol. The minimum absolute atomic E-state index is 0. The Balaban J connectivity index is 0.000000960. The number of ether oxygens (including phenoxy) is 2. The summed E-state index contributed by atoms with van der Waals surface area (Å²) in [7, 11) is 0. The summed E-state index contributed by atoms with van der Waals surface area (Å²) in [5.41, 5.74) is -2.70. The van der Waals surface area contributed by atoms with Crippen LogP contribution in [0.1, 0.15) is 11.8 Å². The van der Waals surface area contributed by atoms with E-state index in [0.29, 0.717) is 5.56 Å². The maximum Gasteiger partial charge on any atom is 0.330 e. The van der Waals surface area contributed by atoms with E-state index in [4.69, 9.17) is 9.47 Å².